The first kappa shape index (κ1) is 21.5. The molecule has 0 fully saturated rings. The van der Waals surface area contributed by atoms with Crippen molar-refractivity contribution in [3.63, 3.8) is 0 Å². The van der Waals surface area contributed by atoms with Crippen LogP contribution in [0, 0.1) is 6.92 Å². The van der Waals surface area contributed by atoms with E-state index < -0.39 is 24.2 Å². The molecule has 0 spiro atoms. The summed E-state index contributed by atoms with van der Waals surface area (Å²) in [5, 5.41) is 10.6. The second-order valence-electron chi connectivity index (χ2n) is 7.27. The Morgan fingerprint density at radius 2 is 1.90 bits per heavy atom. The lowest BCUT2D eigenvalue weighted by Crippen LogP contribution is -2.35. The standard InChI is InChI=1S/C21H17Cl2F3N4O/c1-11-14(23)3-2-4-15(11)28-20(31)17-10-19-27-16(12-5-7-13(22)8-6-12)9-18(21(24,25)26)30(19)29-17/h2-8,10,16,18,27H,9H2,1H3,(H,28,31). The molecule has 162 valence electrons. The van der Waals surface area contributed by atoms with Crippen LogP contribution in [0.2, 0.25) is 10.0 Å². The van der Waals surface area contributed by atoms with E-state index in [2.05, 4.69) is 15.7 Å². The molecule has 0 aliphatic carbocycles. The van der Waals surface area contributed by atoms with Crippen LogP contribution in [0.4, 0.5) is 24.7 Å². The molecule has 1 aliphatic heterocycles. The molecule has 2 N–H and O–H groups in total. The number of nitrogens with one attached hydrogen (secondary N) is 2. The van der Waals surface area contributed by atoms with Crippen molar-refractivity contribution in [1.82, 2.24) is 9.78 Å². The van der Waals surface area contributed by atoms with Crippen molar-refractivity contribution in [3.05, 3.63) is 75.4 Å². The average Bonchev–Trinajstić information content (AvgIpc) is 3.14. The minimum atomic E-state index is -4.54. The van der Waals surface area contributed by atoms with Gasteiger partial charge in [-0.3, -0.25) is 4.79 Å². The molecule has 0 saturated heterocycles. The number of amides is 1. The summed E-state index contributed by atoms with van der Waals surface area (Å²) in [7, 11) is 0. The maximum Gasteiger partial charge on any atom is 0.410 e. The molecule has 1 aromatic heterocycles. The van der Waals surface area contributed by atoms with Gasteiger partial charge in [0.25, 0.3) is 5.91 Å². The number of halogens is 5. The molecule has 0 radical (unpaired) electrons. The Hall–Kier alpha value is -2.71. The van der Waals surface area contributed by atoms with Gasteiger partial charge in [-0.25, -0.2) is 4.68 Å². The molecular formula is C21H17Cl2F3N4O. The Kier molecular flexibility index (Phi) is 5.61. The molecule has 3 aromatic rings. The van der Waals surface area contributed by atoms with Crippen LogP contribution in [0.5, 0.6) is 0 Å². The minimum absolute atomic E-state index is 0.112. The average molecular weight is 469 g/mol. The molecule has 2 aromatic carbocycles. The zero-order chi connectivity index (χ0) is 22.3. The van der Waals surface area contributed by atoms with Crippen LogP contribution in [0.3, 0.4) is 0 Å². The number of anilines is 2. The van der Waals surface area contributed by atoms with Crippen LogP contribution < -0.4 is 10.6 Å². The number of nitrogens with zero attached hydrogens (tertiary/aromatic N) is 2. The Morgan fingerprint density at radius 3 is 2.58 bits per heavy atom. The summed E-state index contributed by atoms with van der Waals surface area (Å²) in [6.45, 7) is 1.73. The van der Waals surface area contributed by atoms with Crippen LogP contribution >= 0.6 is 23.2 Å². The lowest BCUT2D eigenvalue weighted by atomic mass is 9.97. The quantitative estimate of drug-likeness (QED) is 0.466. The summed E-state index contributed by atoms with van der Waals surface area (Å²) in [5.74, 6) is -0.514. The molecule has 5 nitrogen and oxygen atoms in total. The van der Waals surface area contributed by atoms with Crippen molar-refractivity contribution in [2.75, 3.05) is 10.6 Å². The smallest absolute Gasteiger partial charge is 0.363 e. The van der Waals surface area contributed by atoms with Gasteiger partial charge in [-0.1, -0.05) is 41.4 Å². The number of fused-ring (bicyclic) bond motifs is 1. The fourth-order valence-electron chi connectivity index (χ4n) is 3.53. The Bertz CT molecular complexity index is 1130. The highest BCUT2D eigenvalue weighted by Crippen LogP contribution is 2.43. The molecule has 1 amide bonds. The Labute approximate surface area is 186 Å². The number of hydrogen-bond donors (Lipinski definition) is 2. The van der Waals surface area contributed by atoms with Gasteiger partial charge in [0.05, 0.1) is 6.04 Å². The number of benzene rings is 2. The van der Waals surface area contributed by atoms with Gasteiger partial charge in [0.15, 0.2) is 11.7 Å². The summed E-state index contributed by atoms with van der Waals surface area (Å²) in [4.78, 5) is 12.7. The van der Waals surface area contributed by atoms with E-state index in [9.17, 15) is 18.0 Å². The first-order valence-electron chi connectivity index (χ1n) is 9.38. The van der Waals surface area contributed by atoms with Gasteiger partial charge in [0.1, 0.15) is 5.82 Å². The molecule has 2 unspecified atom stereocenters. The van der Waals surface area contributed by atoms with Crippen molar-refractivity contribution in [2.24, 2.45) is 0 Å². The monoisotopic (exact) mass is 468 g/mol. The van der Waals surface area contributed by atoms with Gasteiger partial charge in [-0.05, 0) is 42.3 Å². The highest BCUT2D eigenvalue weighted by molar-refractivity contribution is 6.31. The molecule has 0 bridgehead atoms. The van der Waals surface area contributed by atoms with Gasteiger partial charge < -0.3 is 10.6 Å². The van der Waals surface area contributed by atoms with Gasteiger partial charge in [-0.15, -0.1) is 0 Å². The third-order valence-corrected chi connectivity index (χ3v) is 5.87. The van der Waals surface area contributed by atoms with Crippen molar-refractivity contribution < 1.29 is 18.0 Å². The number of carbonyl (C=O) groups is 1. The lowest BCUT2D eigenvalue weighted by molar-refractivity contribution is -0.173. The normalized spacial score (nSPS) is 18.3. The van der Waals surface area contributed by atoms with Crippen LogP contribution in [-0.4, -0.2) is 21.9 Å². The third kappa shape index (κ3) is 4.36. The second-order valence-corrected chi connectivity index (χ2v) is 8.11. The van der Waals surface area contributed by atoms with Crippen LogP contribution in [0.25, 0.3) is 0 Å². The van der Waals surface area contributed by atoms with E-state index >= 15 is 0 Å². The van der Waals surface area contributed by atoms with Crippen LogP contribution in [0.1, 0.15) is 40.1 Å². The molecule has 0 saturated carbocycles. The van der Waals surface area contributed by atoms with Crippen LogP contribution in [0.15, 0.2) is 48.5 Å². The predicted octanol–water partition coefficient (Wildman–Crippen LogP) is 6.41. The predicted molar refractivity (Wildman–Crippen MR) is 114 cm³/mol. The summed E-state index contributed by atoms with van der Waals surface area (Å²) in [6.07, 6.45) is -4.81. The largest absolute Gasteiger partial charge is 0.410 e. The maximum absolute atomic E-state index is 13.8. The second kappa shape index (κ2) is 8.09. The van der Waals surface area contributed by atoms with Crippen molar-refractivity contribution >= 4 is 40.6 Å². The zero-order valence-electron chi connectivity index (χ0n) is 16.2. The fraction of sp³-hybridized carbons (Fsp3) is 0.238. The molecule has 1 aliphatic rings. The van der Waals surface area contributed by atoms with Gasteiger partial charge in [-0.2, -0.15) is 18.3 Å². The molecule has 31 heavy (non-hydrogen) atoms. The summed E-state index contributed by atoms with van der Waals surface area (Å²) < 4.78 is 42.2. The molecule has 4 rings (SSSR count). The van der Waals surface area contributed by atoms with E-state index in [1.54, 1.807) is 49.4 Å². The number of alkyl halides is 3. The van der Waals surface area contributed by atoms with E-state index in [1.165, 1.54) is 6.07 Å². The summed E-state index contributed by atoms with van der Waals surface area (Å²) in [5.41, 5.74) is 1.64. The zero-order valence-corrected chi connectivity index (χ0v) is 17.7. The SMILES string of the molecule is Cc1c(Cl)cccc1NC(=O)c1cc2n(n1)C(C(F)(F)F)CC(c1ccc(Cl)cc1)N2. The van der Waals surface area contributed by atoms with Gasteiger partial charge >= 0.3 is 6.18 Å². The number of rotatable bonds is 3. The first-order chi connectivity index (χ1) is 14.6. The fourth-order valence-corrected chi connectivity index (χ4v) is 3.83. The molecule has 2 atom stereocenters. The van der Waals surface area contributed by atoms with E-state index in [4.69, 9.17) is 23.2 Å². The van der Waals surface area contributed by atoms with Crippen LogP contribution in [-0.2, 0) is 0 Å². The topological polar surface area (TPSA) is 59.0 Å². The third-order valence-electron chi connectivity index (χ3n) is 5.21. The van der Waals surface area contributed by atoms with E-state index in [1.807, 2.05) is 0 Å². The van der Waals surface area contributed by atoms with Gasteiger partial charge in [0, 0.05) is 28.2 Å². The summed E-state index contributed by atoms with van der Waals surface area (Å²) in [6, 6.07) is 10.4. The molecular weight excluding hydrogens is 452 g/mol. The molecule has 2 heterocycles. The lowest BCUT2D eigenvalue weighted by Gasteiger charge is -2.33. The highest BCUT2D eigenvalue weighted by Gasteiger charge is 2.46. The minimum Gasteiger partial charge on any atom is -0.363 e. The summed E-state index contributed by atoms with van der Waals surface area (Å²) >= 11 is 12.0. The van der Waals surface area contributed by atoms with Gasteiger partial charge in [0.2, 0.25) is 0 Å². The van der Waals surface area contributed by atoms with E-state index in [-0.39, 0.29) is 17.9 Å². The van der Waals surface area contributed by atoms with E-state index in [0.717, 1.165) is 4.68 Å². The first-order valence-corrected chi connectivity index (χ1v) is 10.1. The number of hydrogen-bond acceptors (Lipinski definition) is 3. The number of aromatic nitrogens is 2. The van der Waals surface area contributed by atoms with Crippen molar-refractivity contribution in [3.8, 4) is 0 Å². The number of carbonyl (C=O) groups excluding carboxylic acids is 1. The van der Waals surface area contributed by atoms with Crippen molar-refractivity contribution in [2.45, 2.75) is 31.6 Å². The van der Waals surface area contributed by atoms with E-state index in [0.29, 0.717) is 26.9 Å². The highest BCUT2D eigenvalue weighted by atomic mass is 35.5. The Balaban J connectivity index is 1.65. The molecule has 10 heteroatoms. The van der Waals surface area contributed by atoms with Crippen molar-refractivity contribution in [1.29, 1.82) is 0 Å². The maximum atomic E-state index is 13.8. The Morgan fingerprint density at radius 1 is 1.19 bits per heavy atom.